The maximum atomic E-state index is 12.8. The van der Waals surface area contributed by atoms with Gasteiger partial charge in [-0.05, 0) is 60.9 Å². The number of carbonyl (C=O) groups is 2. The normalized spacial score (nSPS) is 15.9. The highest BCUT2D eigenvalue weighted by Crippen LogP contribution is 2.38. The van der Waals surface area contributed by atoms with Crippen LogP contribution in [0.4, 0.5) is 0 Å². The molecule has 0 bridgehead atoms. The standard InChI is InChI=1S/C27H30O4/c1-17-7-11-20(12-8-17)25(28)30-23-16-22(27(4,5)6)15-19(3)24(23)31-26(29)21-13-9-18(2)10-14-21/h7,9-17H,8H2,1-6H3. The Bertz CT molecular complexity index is 1050. The van der Waals surface area contributed by atoms with Crippen molar-refractivity contribution in [1.82, 2.24) is 0 Å². The van der Waals surface area contributed by atoms with Gasteiger partial charge in [-0.15, -0.1) is 0 Å². The molecule has 0 spiro atoms. The van der Waals surface area contributed by atoms with E-state index >= 15 is 0 Å². The van der Waals surface area contributed by atoms with E-state index in [0.717, 1.165) is 23.1 Å². The molecule has 1 aliphatic carbocycles. The van der Waals surface area contributed by atoms with Crippen LogP contribution in [-0.4, -0.2) is 11.9 Å². The zero-order chi connectivity index (χ0) is 22.8. The van der Waals surface area contributed by atoms with Crippen LogP contribution in [0.2, 0.25) is 0 Å². The molecule has 0 N–H and O–H groups in total. The molecule has 0 aromatic heterocycles. The summed E-state index contributed by atoms with van der Waals surface area (Å²) in [5.74, 6) is -0.0335. The van der Waals surface area contributed by atoms with Gasteiger partial charge in [0.05, 0.1) is 11.1 Å². The maximum Gasteiger partial charge on any atom is 0.343 e. The van der Waals surface area contributed by atoms with Gasteiger partial charge in [0.1, 0.15) is 0 Å². The molecule has 3 rings (SSSR count). The molecular formula is C27H30O4. The fraction of sp³-hybridized carbons (Fsp3) is 0.333. The van der Waals surface area contributed by atoms with Crippen molar-refractivity contribution in [3.63, 3.8) is 0 Å². The van der Waals surface area contributed by atoms with Crippen LogP contribution in [0.3, 0.4) is 0 Å². The van der Waals surface area contributed by atoms with Crippen LogP contribution in [0.5, 0.6) is 11.5 Å². The molecule has 0 amide bonds. The van der Waals surface area contributed by atoms with Gasteiger partial charge in [0.2, 0.25) is 0 Å². The van der Waals surface area contributed by atoms with Crippen molar-refractivity contribution < 1.29 is 19.1 Å². The molecule has 4 heteroatoms. The monoisotopic (exact) mass is 418 g/mol. The van der Waals surface area contributed by atoms with Crippen LogP contribution < -0.4 is 9.47 Å². The predicted octanol–water partition coefficient (Wildman–Crippen LogP) is 6.25. The Labute approximate surface area is 184 Å². The summed E-state index contributed by atoms with van der Waals surface area (Å²) in [6.45, 7) is 12.1. The summed E-state index contributed by atoms with van der Waals surface area (Å²) in [4.78, 5) is 25.6. The second-order valence-corrected chi connectivity index (χ2v) is 9.25. The van der Waals surface area contributed by atoms with Gasteiger partial charge in [-0.3, -0.25) is 0 Å². The summed E-state index contributed by atoms with van der Waals surface area (Å²) in [6, 6.07) is 10.9. The first-order chi connectivity index (χ1) is 14.5. The smallest absolute Gasteiger partial charge is 0.343 e. The topological polar surface area (TPSA) is 52.6 Å². The number of rotatable bonds is 4. The van der Waals surface area contributed by atoms with E-state index in [1.54, 1.807) is 24.3 Å². The van der Waals surface area contributed by atoms with Gasteiger partial charge in [-0.25, -0.2) is 9.59 Å². The SMILES string of the molecule is Cc1ccc(C(=O)Oc2c(C)cc(C(C)(C)C)cc2OC(=O)C2=CCC(C)C=C2)cc1. The lowest BCUT2D eigenvalue weighted by Crippen LogP contribution is -2.17. The van der Waals surface area contributed by atoms with Crippen LogP contribution in [0.1, 0.15) is 61.2 Å². The number of ether oxygens (including phenoxy) is 2. The highest BCUT2D eigenvalue weighted by atomic mass is 16.6. The van der Waals surface area contributed by atoms with Gasteiger partial charge < -0.3 is 9.47 Å². The lowest BCUT2D eigenvalue weighted by molar-refractivity contribution is -0.129. The third-order valence-corrected chi connectivity index (χ3v) is 5.34. The van der Waals surface area contributed by atoms with Gasteiger partial charge >= 0.3 is 11.9 Å². The van der Waals surface area contributed by atoms with Gasteiger partial charge in [0.15, 0.2) is 11.5 Å². The molecule has 0 heterocycles. The average Bonchev–Trinajstić information content (AvgIpc) is 2.70. The zero-order valence-electron chi connectivity index (χ0n) is 19.1. The molecule has 1 unspecified atom stereocenters. The summed E-state index contributed by atoms with van der Waals surface area (Å²) >= 11 is 0. The lowest BCUT2D eigenvalue weighted by atomic mass is 9.86. The van der Waals surface area contributed by atoms with E-state index in [4.69, 9.17) is 9.47 Å². The molecule has 2 aromatic carbocycles. The maximum absolute atomic E-state index is 12.8. The number of hydrogen-bond acceptors (Lipinski definition) is 4. The first-order valence-electron chi connectivity index (χ1n) is 10.6. The Morgan fingerprint density at radius 3 is 2.23 bits per heavy atom. The minimum atomic E-state index is -0.491. The second kappa shape index (κ2) is 8.93. The van der Waals surface area contributed by atoms with Crippen molar-refractivity contribution in [1.29, 1.82) is 0 Å². The van der Waals surface area contributed by atoms with Crippen LogP contribution in [0, 0.1) is 19.8 Å². The third-order valence-electron chi connectivity index (χ3n) is 5.34. The van der Waals surface area contributed by atoms with Crippen molar-refractivity contribution >= 4 is 11.9 Å². The molecular weight excluding hydrogens is 388 g/mol. The van der Waals surface area contributed by atoms with Gasteiger partial charge in [-0.1, -0.05) is 69.7 Å². The molecule has 0 radical (unpaired) electrons. The van der Waals surface area contributed by atoms with E-state index in [9.17, 15) is 9.59 Å². The number of benzene rings is 2. The predicted molar refractivity (Wildman–Crippen MR) is 123 cm³/mol. The fourth-order valence-corrected chi connectivity index (χ4v) is 3.26. The summed E-state index contributed by atoms with van der Waals surface area (Å²) in [7, 11) is 0. The van der Waals surface area contributed by atoms with Crippen molar-refractivity contribution in [2.75, 3.05) is 0 Å². The third kappa shape index (κ3) is 5.52. The summed E-state index contributed by atoms with van der Waals surface area (Å²) < 4.78 is 11.5. The largest absolute Gasteiger partial charge is 0.419 e. The second-order valence-electron chi connectivity index (χ2n) is 9.25. The zero-order valence-corrected chi connectivity index (χ0v) is 19.1. The first kappa shape index (κ1) is 22.5. The van der Waals surface area contributed by atoms with Crippen molar-refractivity contribution in [3.8, 4) is 11.5 Å². The molecule has 0 saturated heterocycles. The van der Waals surface area contributed by atoms with E-state index < -0.39 is 11.9 Å². The number of hydrogen-bond donors (Lipinski definition) is 0. The summed E-state index contributed by atoms with van der Waals surface area (Å²) in [6.07, 6.45) is 6.45. The number of allylic oxidation sites excluding steroid dienone is 2. The molecule has 0 aliphatic heterocycles. The quantitative estimate of drug-likeness (QED) is 0.435. The first-order valence-corrected chi connectivity index (χ1v) is 10.6. The fourth-order valence-electron chi connectivity index (χ4n) is 3.26. The minimum absolute atomic E-state index is 0.162. The minimum Gasteiger partial charge on any atom is -0.419 e. The van der Waals surface area contributed by atoms with Crippen molar-refractivity contribution in [3.05, 3.63) is 82.5 Å². The van der Waals surface area contributed by atoms with E-state index in [1.807, 2.05) is 44.2 Å². The van der Waals surface area contributed by atoms with E-state index in [0.29, 0.717) is 17.1 Å². The molecule has 1 aliphatic rings. The van der Waals surface area contributed by atoms with Crippen LogP contribution >= 0.6 is 0 Å². The Kier molecular flexibility index (Phi) is 6.49. The highest BCUT2D eigenvalue weighted by molar-refractivity contribution is 5.94. The van der Waals surface area contributed by atoms with Crippen LogP contribution in [-0.2, 0) is 10.2 Å². The molecule has 4 nitrogen and oxygen atoms in total. The Balaban J connectivity index is 1.95. The van der Waals surface area contributed by atoms with Crippen LogP contribution in [0.25, 0.3) is 0 Å². The number of carbonyl (C=O) groups excluding carboxylic acids is 2. The number of esters is 2. The van der Waals surface area contributed by atoms with Gasteiger partial charge in [-0.2, -0.15) is 0 Å². The Morgan fingerprint density at radius 1 is 0.968 bits per heavy atom. The summed E-state index contributed by atoms with van der Waals surface area (Å²) in [5, 5.41) is 0. The van der Waals surface area contributed by atoms with E-state index in [-0.39, 0.29) is 16.9 Å². The van der Waals surface area contributed by atoms with Gasteiger partial charge in [0.25, 0.3) is 0 Å². The summed E-state index contributed by atoms with van der Waals surface area (Å²) in [5.41, 5.74) is 3.56. The Hall–Kier alpha value is -3.14. The molecule has 162 valence electrons. The lowest BCUT2D eigenvalue weighted by Gasteiger charge is -2.23. The van der Waals surface area contributed by atoms with Crippen molar-refractivity contribution in [2.45, 2.75) is 53.4 Å². The highest BCUT2D eigenvalue weighted by Gasteiger charge is 2.24. The van der Waals surface area contributed by atoms with E-state index in [1.165, 1.54) is 0 Å². The average molecular weight is 419 g/mol. The molecule has 2 aromatic rings. The molecule has 31 heavy (non-hydrogen) atoms. The molecule has 1 atom stereocenters. The number of aryl methyl sites for hydroxylation is 2. The molecule has 0 fully saturated rings. The molecule has 0 saturated carbocycles. The van der Waals surface area contributed by atoms with Crippen molar-refractivity contribution in [2.24, 2.45) is 5.92 Å². The van der Waals surface area contributed by atoms with Gasteiger partial charge in [0, 0.05) is 0 Å². The Morgan fingerprint density at radius 2 is 1.65 bits per heavy atom. The van der Waals surface area contributed by atoms with Crippen LogP contribution in [0.15, 0.2) is 60.2 Å². The van der Waals surface area contributed by atoms with E-state index in [2.05, 4.69) is 27.7 Å².